The molecule has 2 saturated heterocycles. The lowest BCUT2D eigenvalue weighted by Gasteiger charge is -2.38. The van der Waals surface area contributed by atoms with Crippen molar-refractivity contribution in [3.63, 3.8) is 0 Å². The number of fused-ring (bicyclic) bond motifs is 4. The predicted molar refractivity (Wildman–Crippen MR) is 151 cm³/mol. The Morgan fingerprint density at radius 3 is 2.55 bits per heavy atom. The van der Waals surface area contributed by atoms with Crippen molar-refractivity contribution in [2.24, 2.45) is 17.8 Å². The first-order valence-corrected chi connectivity index (χ1v) is 15.5. The normalized spacial score (nSPS) is 31.1. The van der Waals surface area contributed by atoms with Crippen molar-refractivity contribution in [1.29, 1.82) is 0 Å². The maximum absolute atomic E-state index is 13.6. The van der Waals surface area contributed by atoms with E-state index in [0.29, 0.717) is 36.5 Å². The zero-order valence-electron chi connectivity index (χ0n) is 24.5. The Morgan fingerprint density at radius 2 is 1.85 bits per heavy atom. The Kier molecular flexibility index (Phi) is 7.29. The van der Waals surface area contributed by atoms with Crippen LogP contribution in [0.2, 0.25) is 0 Å². The fraction of sp³-hybridized carbons (Fsp3) is 0.719. The maximum Gasteiger partial charge on any atom is 0.248 e. The second-order valence-corrected chi connectivity index (χ2v) is 13.7. The summed E-state index contributed by atoms with van der Waals surface area (Å²) in [6.07, 6.45) is 4.88. The summed E-state index contributed by atoms with van der Waals surface area (Å²) in [6, 6.07) is 12.2. The van der Waals surface area contributed by atoms with E-state index in [1.54, 1.807) is 0 Å². The zero-order chi connectivity index (χ0) is 28.2. The highest BCUT2D eigenvalue weighted by Gasteiger charge is 2.63. The summed E-state index contributed by atoms with van der Waals surface area (Å²) >= 11 is 0. The Balaban J connectivity index is 1.14. The van der Waals surface area contributed by atoms with E-state index in [4.69, 9.17) is 0 Å². The average Bonchev–Trinajstić information content (AvgIpc) is 3.37. The summed E-state index contributed by atoms with van der Waals surface area (Å²) in [4.78, 5) is 15.8. The molecule has 2 aromatic rings. The van der Waals surface area contributed by atoms with Crippen LogP contribution in [0.25, 0.3) is 0 Å². The van der Waals surface area contributed by atoms with Crippen LogP contribution in [0.15, 0.2) is 30.3 Å². The molecular formula is C32H45F2N5O. The van der Waals surface area contributed by atoms with E-state index >= 15 is 0 Å². The van der Waals surface area contributed by atoms with E-state index in [1.165, 1.54) is 24.8 Å². The Morgan fingerprint density at radius 1 is 1.12 bits per heavy atom. The van der Waals surface area contributed by atoms with E-state index in [9.17, 15) is 13.6 Å². The summed E-state index contributed by atoms with van der Waals surface area (Å²) in [5, 5.41) is 12.2. The van der Waals surface area contributed by atoms with Crippen LogP contribution in [0.5, 0.6) is 0 Å². The molecule has 6 unspecified atom stereocenters. The highest BCUT2D eigenvalue weighted by atomic mass is 19.3. The van der Waals surface area contributed by atoms with Gasteiger partial charge >= 0.3 is 0 Å². The number of hydrogen-bond acceptors (Lipinski definition) is 4. The van der Waals surface area contributed by atoms with Crippen LogP contribution in [0.4, 0.5) is 8.78 Å². The van der Waals surface area contributed by atoms with Gasteiger partial charge in [0.2, 0.25) is 11.8 Å². The zero-order valence-corrected chi connectivity index (χ0v) is 24.5. The van der Waals surface area contributed by atoms with Crippen LogP contribution < -0.4 is 5.32 Å². The number of nitrogens with zero attached hydrogens (tertiary/aromatic N) is 4. The molecule has 0 spiro atoms. The molecule has 6 atom stereocenters. The minimum atomic E-state index is -2.62. The van der Waals surface area contributed by atoms with Gasteiger partial charge in [0.1, 0.15) is 11.6 Å². The largest absolute Gasteiger partial charge is 0.355 e. The third-order valence-corrected chi connectivity index (χ3v) is 10.7. The topological polar surface area (TPSA) is 63.1 Å². The molecule has 0 radical (unpaired) electrons. The smallest absolute Gasteiger partial charge is 0.248 e. The summed E-state index contributed by atoms with van der Waals surface area (Å²) in [6.45, 7) is 10.3. The lowest BCUT2D eigenvalue weighted by Crippen LogP contribution is -2.47. The van der Waals surface area contributed by atoms with Crippen LogP contribution >= 0.6 is 0 Å². The van der Waals surface area contributed by atoms with Crippen molar-refractivity contribution >= 4 is 5.91 Å². The van der Waals surface area contributed by atoms with Gasteiger partial charge in [0.25, 0.3) is 0 Å². The van der Waals surface area contributed by atoms with Gasteiger partial charge in [0.05, 0.1) is 0 Å². The van der Waals surface area contributed by atoms with Crippen LogP contribution in [0.3, 0.4) is 0 Å². The number of rotatable bonds is 9. The molecule has 8 heteroatoms. The molecule has 2 saturated carbocycles. The number of hydrogen-bond donors (Lipinski definition) is 1. The number of aryl methyl sites for hydroxylation is 1. The molecule has 2 bridgehead atoms. The first-order chi connectivity index (χ1) is 19.1. The minimum absolute atomic E-state index is 0.0652. The summed E-state index contributed by atoms with van der Waals surface area (Å²) in [7, 11) is 0. The molecule has 218 valence electrons. The van der Waals surface area contributed by atoms with E-state index in [1.807, 2.05) is 6.07 Å². The number of piperidine rings is 1. The fourth-order valence-electron chi connectivity index (χ4n) is 8.28. The van der Waals surface area contributed by atoms with E-state index in [2.05, 4.69) is 76.9 Å². The van der Waals surface area contributed by atoms with Crippen molar-refractivity contribution in [2.75, 3.05) is 13.1 Å². The summed E-state index contributed by atoms with van der Waals surface area (Å²) in [5.41, 5.74) is 0.989. The standard InChI is InChI=1S/C32H45F2N5O/c1-20(2)29-37-36-21(3)39(29)28-25-18-24-10-11-26(27(25)28)38(24)17-16-31(4,23-8-6-5-7-9-23)19-35-30(40)22-12-14-32(33,34)15-13-22/h5-9,20,22,24-28H,10-19H2,1-4H3,(H,35,40). The summed E-state index contributed by atoms with van der Waals surface area (Å²) < 4.78 is 29.7. The molecule has 1 aromatic carbocycles. The summed E-state index contributed by atoms with van der Waals surface area (Å²) in [5.74, 6) is 0.924. The SMILES string of the molecule is Cc1nnc(C(C)C)n1C1C2CC3CCC(C21)N3CCC(C)(CNC(=O)C1CCC(F)(F)CC1)c1ccccc1. The number of amides is 1. The molecule has 2 aliphatic heterocycles. The number of halogens is 2. The minimum Gasteiger partial charge on any atom is -0.355 e. The Labute approximate surface area is 237 Å². The molecule has 3 heterocycles. The molecule has 6 rings (SSSR count). The molecule has 1 aromatic heterocycles. The quantitative estimate of drug-likeness (QED) is 0.412. The Hall–Kier alpha value is -2.35. The maximum atomic E-state index is 13.6. The van der Waals surface area contributed by atoms with Crippen LogP contribution in [0, 0.1) is 24.7 Å². The van der Waals surface area contributed by atoms with E-state index < -0.39 is 5.92 Å². The molecule has 2 aliphatic carbocycles. The van der Waals surface area contributed by atoms with Crippen molar-refractivity contribution < 1.29 is 13.6 Å². The molecule has 1 N–H and O–H groups in total. The third kappa shape index (κ3) is 5.10. The van der Waals surface area contributed by atoms with Gasteiger partial charge in [-0.1, -0.05) is 51.1 Å². The molecule has 40 heavy (non-hydrogen) atoms. The Bertz CT molecular complexity index is 1210. The number of aromatic nitrogens is 3. The lowest BCUT2D eigenvalue weighted by atomic mass is 9.78. The van der Waals surface area contributed by atoms with E-state index in [0.717, 1.165) is 30.5 Å². The van der Waals surface area contributed by atoms with Gasteiger partial charge in [-0.2, -0.15) is 0 Å². The monoisotopic (exact) mass is 553 g/mol. The second kappa shape index (κ2) is 10.5. The number of alkyl halides is 2. The van der Waals surface area contributed by atoms with Crippen LogP contribution in [-0.4, -0.2) is 56.7 Å². The van der Waals surface area contributed by atoms with Gasteiger partial charge in [-0.15, -0.1) is 10.2 Å². The third-order valence-electron chi connectivity index (χ3n) is 10.7. The predicted octanol–water partition coefficient (Wildman–Crippen LogP) is 6.02. The highest BCUT2D eigenvalue weighted by molar-refractivity contribution is 5.78. The molecular weight excluding hydrogens is 508 g/mol. The van der Waals surface area contributed by atoms with Crippen molar-refractivity contribution in [2.45, 2.75) is 114 Å². The van der Waals surface area contributed by atoms with Gasteiger partial charge in [0.15, 0.2) is 0 Å². The number of carbonyl (C=O) groups is 1. The first kappa shape index (κ1) is 27.8. The van der Waals surface area contributed by atoms with Crippen molar-refractivity contribution in [3.8, 4) is 0 Å². The number of carbonyl (C=O) groups excluding carboxylic acids is 1. The first-order valence-electron chi connectivity index (χ1n) is 15.5. The van der Waals surface area contributed by atoms with Gasteiger partial charge in [-0.05, 0) is 63.5 Å². The van der Waals surface area contributed by atoms with Gasteiger partial charge in [-0.3, -0.25) is 9.69 Å². The number of benzene rings is 1. The second-order valence-electron chi connectivity index (χ2n) is 13.7. The van der Waals surface area contributed by atoms with Gasteiger partial charge in [0, 0.05) is 60.7 Å². The van der Waals surface area contributed by atoms with Crippen LogP contribution in [-0.2, 0) is 10.2 Å². The molecule has 4 fully saturated rings. The average molecular weight is 554 g/mol. The highest BCUT2D eigenvalue weighted by Crippen LogP contribution is 2.63. The molecule has 6 nitrogen and oxygen atoms in total. The van der Waals surface area contributed by atoms with Gasteiger partial charge < -0.3 is 9.88 Å². The molecule has 1 amide bonds. The van der Waals surface area contributed by atoms with Crippen molar-refractivity contribution in [3.05, 3.63) is 47.5 Å². The van der Waals surface area contributed by atoms with Gasteiger partial charge in [-0.25, -0.2) is 8.78 Å². The lowest BCUT2D eigenvalue weighted by molar-refractivity contribution is -0.129. The van der Waals surface area contributed by atoms with E-state index in [-0.39, 0.29) is 42.9 Å². The van der Waals surface area contributed by atoms with Crippen LogP contribution in [0.1, 0.15) is 101 Å². The molecule has 4 aliphatic rings. The fourth-order valence-corrected chi connectivity index (χ4v) is 8.28. The number of nitrogens with one attached hydrogen (secondary N) is 1. The van der Waals surface area contributed by atoms with Crippen molar-refractivity contribution in [1.82, 2.24) is 25.0 Å².